The lowest BCUT2D eigenvalue weighted by Gasteiger charge is -2.42. The van der Waals surface area contributed by atoms with Crippen LogP contribution in [0.1, 0.15) is 36.8 Å². The second-order valence-corrected chi connectivity index (χ2v) is 5.19. The van der Waals surface area contributed by atoms with Gasteiger partial charge in [0.15, 0.2) is 0 Å². The summed E-state index contributed by atoms with van der Waals surface area (Å²) in [4.78, 5) is 0. The molecule has 0 spiro atoms. The van der Waals surface area contributed by atoms with Crippen LogP contribution in [0, 0.1) is 13.8 Å². The molecule has 1 aliphatic carbocycles. The molecule has 94 valence electrons. The molecule has 0 atom stereocenters. The Hall–Kier alpha value is -1.02. The van der Waals surface area contributed by atoms with Gasteiger partial charge in [0.25, 0.3) is 0 Å². The Labute approximate surface area is 104 Å². The van der Waals surface area contributed by atoms with Gasteiger partial charge < -0.3 is 10.1 Å². The zero-order chi connectivity index (χ0) is 12.3. The van der Waals surface area contributed by atoms with E-state index in [-0.39, 0.29) is 5.60 Å². The van der Waals surface area contributed by atoms with Gasteiger partial charge in [-0.1, -0.05) is 12.1 Å². The summed E-state index contributed by atoms with van der Waals surface area (Å²) < 4.78 is 6.31. The molecule has 1 N–H and O–H groups in total. The smallest absolute Gasteiger partial charge is 0.123 e. The number of nitrogens with one attached hydrogen (secondary N) is 1. The first-order valence-electron chi connectivity index (χ1n) is 6.57. The fourth-order valence-corrected chi connectivity index (χ4v) is 2.40. The summed E-state index contributed by atoms with van der Waals surface area (Å²) in [7, 11) is 2.00. The first-order valence-corrected chi connectivity index (χ1v) is 6.57. The van der Waals surface area contributed by atoms with E-state index in [0.717, 1.165) is 18.7 Å². The molecule has 0 bridgehead atoms. The fraction of sp³-hybridized carbons (Fsp3) is 0.600. The Morgan fingerprint density at radius 3 is 2.65 bits per heavy atom. The van der Waals surface area contributed by atoms with E-state index < -0.39 is 0 Å². The Balaban J connectivity index is 2.10. The Kier molecular flexibility index (Phi) is 3.72. The molecule has 0 saturated heterocycles. The second kappa shape index (κ2) is 5.09. The van der Waals surface area contributed by atoms with E-state index >= 15 is 0 Å². The van der Waals surface area contributed by atoms with Gasteiger partial charge in [0, 0.05) is 0 Å². The topological polar surface area (TPSA) is 21.3 Å². The minimum atomic E-state index is 0.0988. The SMILES string of the molecule is CNCCC1(Oc2cccc(C)c2C)CCC1. The molecule has 0 amide bonds. The van der Waals surface area contributed by atoms with Crippen molar-refractivity contribution in [1.29, 1.82) is 0 Å². The molecule has 0 radical (unpaired) electrons. The number of benzene rings is 1. The molecule has 2 heteroatoms. The fourth-order valence-electron chi connectivity index (χ4n) is 2.40. The molecule has 2 nitrogen and oxygen atoms in total. The Morgan fingerprint density at radius 2 is 2.06 bits per heavy atom. The highest BCUT2D eigenvalue weighted by atomic mass is 16.5. The first kappa shape index (κ1) is 12.4. The molecule has 1 saturated carbocycles. The van der Waals surface area contributed by atoms with Gasteiger partial charge in [0.05, 0.1) is 0 Å². The maximum absolute atomic E-state index is 6.31. The molecule has 0 heterocycles. The third-order valence-corrected chi connectivity index (χ3v) is 3.98. The second-order valence-electron chi connectivity index (χ2n) is 5.19. The van der Waals surface area contributed by atoms with Gasteiger partial charge in [-0.2, -0.15) is 0 Å². The highest BCUT2D eigenvalue weighted by molar-refractivity contribution is 5.38. The highest BCUT2D eigenvalue weighted by Gasteiger charge is 2.38. The average molecular weight is 233 g/mol. The third kappa shape index (κ3) is 2.63. The zero-order valence-corrected chi connectivity index (χ0v) is 11.2. The number of aryl methyl sites for hydroxylation is 1. The molecule has 17 heavy (non-hydrogen) atoms. The lowest BCUT2D eigenvalue weighted by atomic mass is 9.77. The minimum absolute atomic E-state index is 0.0988. The van der Waals surface area contributed by atoms with E-state index in [4.69, 9.17) is 4.74 Å². The summed E-state index contributed by atoms with van der Waals surface area (Å²) in [5, 5.41) is 3.22. The van der Waals surface area contributed by atoms with E-state index in [1.807, 2.05) is 7.05 Å². The molecule has 1 fully saturated rings. The Morgan fingerprint density at radius 1 is 1.29 bits per heavy atom. The number of hydrogen-bond acceptors (Lipinski definition) is 2. The molecule has 0 aromatic heterocycles. The van der Waals surface area contributed by atoms with Crippen molar-refractivity contribution in [2.75, 3.05) is 13.6 Å². The predicted octanol–water partition coefficient (Wildman–Crippen LogP) is 3.21. The van der Waals surface area contributed by atoms with E-state index in [9.17, 15) is 0 Å². The molecule has 1 aliphatic rings. The number of ether oxygens (including phenoxy) is 1. The van der Waals surface area contributed by atoms with Crippen LogP contribution in [0.3, 0.4) is 0 Å². The molecule has 2 rings (SSSR count). The molecule has 1 aromatic rings. The lowest BCUT2D eigenvalue weighted by Crippen LogP contribution is -2.45. The van der Waals surface area contributed by atoms with Gasteiger partial charge in [-0.05, 0) is 70.3 Å². The van der Waals surface area contributed by atoms with Crippen LogP contribution in [0.5, 0.6) is 5.75 Å². The van der Waals surface area contributed by atoms with Crippen molar-refractivity contribution in [1.82, 2.24) is 5.32 Å². The highest BCUT2D eigenvalue weighted by Crippen LogP contribution is 2.40. The van der Waals surface area contributed by atoms with Crippen molar-refractivity contribution < 1.29 is 4.74 Å². The standard InChI is InChI=1S/C15H23NO/c1-12-6-4-7-14(13(12)2)17-15(8-5-9-15)10-11-16-3/h4,6-7,16H,5,8-11H2,1-3H3. The maximum Gasteiger partial charge on any atom is 0.123 e. The van der Waals surface area contributed by atoms with Crippen molar-refractivity contribution in [3.8, 4) is 5.75 Å². The van der Waals surface area contributed by atoms with Crippen molar-refractivity contribution in [2.24, 2.45) is 0 Å². The summed E-state index contributed by atoms with van der Waals surface area (Å²) in [6, 6.07) is 6.33. The van der Waals surface area contributed by atoms with Gasteiger partial charge >= 0.3 is 0 Å². The van der Waals surface area contributed by atoms with Crippen LogP contribution < -0.4 is 10.1 Å². The molecule has 0 aliphatic heterocycles. The van der Waals surface area contributed by atoms with Crippen LogP contribution in [0.2, 0.25) is 0 Å². The molecule has 1 aromatic carbocycles. The van der Waals surface area contributed by atoms with Gasteiger partial charge in [0.2, 0.25) is 0 Å². The third-order valence-electron chi connectivity index (χ3n) is 3.98. The van der Waals surface area contributed by atoms with Gasteiger partial charge in [0.1, 0.15) is 11.4 Å². The van der Waals surface area contributed by atoms with Crippen LogP contribution in [-0.4, -0.2) is 19.2 Å². The van der Waals surface area contributed by atoms with Crippen LogP contribution >= 0.6 is 0 Å². The van der Waals surface area contributed by atoms with E-state index in [1.54, 1.807) is 0 Å². The lowest BCUT2D eigenvalue weighted by molar-refractivity contribution is -0.0144. The van der Waals surface area contributed by atoms with E-state index in [1.165, 1.54) is 30.4 Å². The van der Waals surface area contributed by atoms with Crippen molar-refractivity contribution in [3.05, 3.63) is 29.3 Å². The average Bonchev–Trinajstić information content (AvgIpc) is 2.28. The zero-order valence-electron chi connectivity index (χ0n) is 11.2. The number of rotatable bonds is 5. The minimum Gasteiger partial charge on any atom is -0.487 e. The maximum atomic E-state index is 6.31. The first-order chi connectivity index (χ1) is 8.17. The monoisotopic (exact) mass is 233 g/mol. The largest absolute Gasteiger partial charge is 0.487 e. The quantitative estimate of drug-likeness (QED) is 0.843. The summed E-state index contributed by atoms with van der Waals surface area (Å²) in [5.41, 5.74) is 2.69. The van der Waals surface area contributed by atoms with E-state index in [2.05, 4.69) is 37.4 Å². The van der Waals surface area contributed by atoms with Crippen LogP contribution in [-0.2, 0) is 0 Å². The van der Waals surface area contributed by atoms with Crippen LogP contribution in [0.4, 0.5) is 0 Å². The normalized spacial score (nSPS) is 17.6. The number of hydrogen-bond donors (Lipinski definition) is 1. The van der Waals surface area contributed by atoms with Crippen LogP contribution in [0.15, 0.2) is 18.2 Å². The van der Waals surface area contributed by atoms with Gasteiger partial charge in [-0.15, -0.1) is 0 Å². The Bertz CT molecular complexity index is 383. The summed E-state index contributed by atoms with van der Waals surface area (Å²) in [5.74, 6) is 1.07. The van der Waals surface area contributed by atoms with Crippen molar-refractivity contribution >= 4 is 0 Å². The van der Waals surface area contributed by atoms with Crippen molar-refractivity contribution in [2.45, 2.75) is 45.1 Å². The van der Waals surface area contributed by atoms with Crippen molar-refractivity contribution in [3.63, 3.8) is 0 Å². The van der Waals surface area contributed by atoms with E-state index in [0.29, 0.717) is 0 Å². The molecular formula is C15H23NO. The molecular weight excluding hydrogens is 210 g/mol. The predicted molar refractivity (Wildman–Crippen MR) is 71.7 cm³/mol. The summed E-state index contributed by atoms with van der Waals surface area (Å²) in [6.45, 7) is 5.32. The summed E-state index contributed by atoms with van der Waals surface area (Å²) in [6.07, 6.45) is 4.80. The van der Waals surface area contributed by atoms with Gasteiger partial charge in [-0.3, -0.25) is 0 Å². The van der Waals surface area contributed by atoms with Gasteiger partial charge in [-0.25, -0.2) is 0 Å². The van der Waals surface area contributed by atoms with Crippen LogP contribution in [0.25, 0.3) is 0 Å². The summed E-state index contributed by atoms with van der Waals surface area (Å²) >= 11 is 0. The molecule has 0 unspecified atom stereocenters.